The molecule has 7 nitrogen and oxygen atoms in total. The van der Waals surface area contributed by atoms with Gasteiger partial charge < -0.3 is 15.2 Å². The summed E-state index contributed by atoms with van der Waals surface area (Å²) in [5, 5.41) is 16.0. The average molecular weight is 451 g/mol. The number of hydrogen-bond donors (Lipinski definition) is 2. The number of anilines is 1. The largest absolute Gasteiger partial charge is 0.481 e. The van der Waals surface area contributed by atoms with Crippen LogP contribution >= 0.6 is 11.6 Å². The molecule has 0 fully saturated rings. The zero-order valence-electron chi connectivity index (χ0n) is 18.2. The van der Waals surface area contributed by atoms with Crippen LogP contribution in [0, 0.1) is 6.92 Å². The van der Waals surface area contributed by atoms with Gasteiger partial charge in [-0.05, 0) is 43.9 Å². The molecule has 0 aliphatic heterocycles. The Morgan fingerprint density at radius 3 is 2.66 bits per heavy atom. The van der Waals surface area contributed by atoms with Gasteiger partial charge in [0, 0.05) is 28.6 Å². The Balaban J connectivity index is 1.91. The SMILES string of the molecule is CCc1nc2c([C@@H](C)Nc3ccc(Cl)nc3C(=O)O)cc(C)cc2c2cc(OC)ncc12. The maximum atomic E-state index is 11.7. The monoisotopic (exact) mass is 450 g/mol. The van der Waals surface area contributed by atoms with E-state index in [1.807, 2.05) is 26.1 Å². The van der Waals surface area contributed by atoms with Gasteiger partial charge in [-0.15, -0.1) is 0 Å². The van der Waals surface area contributed by atoms with Crippen LogP contribution in [0.15, 0.2) is 36.5 Å². The van der Waals surface area contributed by atoms with Crippen molar-refractivity contribution in [1.82, 2.24) is 15.0 Å². The number of hydrogen-bond acceptors (Lipinski definition) is 6. The molecule has 8 heteroatoms. The lowest BCUT2D eigenvalue weighted by atomic mass is 9.96. The van der Waals surface area contributed by atoms with Gasteiger partial charge in [0.2, 0.25) is 5.88 Å². The van der Waals surface area contributed by atoms with E-state index in [0.717, 1.165) is 44.9 Å². The maximum Gasteiger partial charge on any atom is 0.356 e. The molecule has 0 radical (unpaired) electrons. The molecule has 164 valence electrons. The van der Waals surface area contributed by atoms with Crippen molar-refractivity contribution < 1.29 is 14.6 Å². The summed E-state index contributed by atoms with van der Waals surface area (Å²) in [5.74, 6) is -0.604. The van der Waals surface area contributed by atoms with E-state index in [0.29, 0.717) is 11.6 Å². The van der Waals surface area contributed by atoms with Crippen molar-refractivity contribution in [2.75, 3.05) is 12.4 Å². The Morgan fingerprint density at radius 2 is 1.97 bits per heavy atom. The molecule has 32 heavy (non-hydrogen) atoms. The molecule has 4 aromatic rings. The summed E-state index contributed by atoms with van der Waals surface area (Å²) < 4.78 is 5.36. The van der Waals surface area contributed by atoms with E-state index in [1.165, 1.54) is 0 Å². The van der Waals surface area contributed by atoms with Crippen molar-refractivity contribution in [3.05, 3.63) is 64.2 Å². The van der Waals surface area contributed by atoms with Crippen LogP contribution in [0.3, 0.4) is 0 Å². The van der Waals surface area contributed by atoms with Crippen molar-refractivity contribution in [2.24, 2.45) is 0 Å². The number of carbonyl (C=O) groups is 1. The van der Waals surface area contributed by atoms with Crippen LogP contribution < -0.4 is 10.1 Å². The fourth-order valence-corrected chi connectivity index (χ4v) is 4.11. The molecule has 3 aromatic heterocycles. The van der Waals surface area contributed by atoms with Gasteiger partial charge in [-0.2, -0.15) is 0 Å². The third kappa shape index (κ3) is 3.91. The van der Waals surface area contributed by atoms with Crippen LogP contribution in [-0.2, 0) is 6.42 Å². The number of rotatable bonds is 6. The molecule has 0 aliphatic carbocycles. The summed E-state index contributed by atoms with van der Waals surface area (Å²) in [6, 6.07) is 9.07. The van der Waals surface area contributed by atoms with Crippen molar-refractivity contribution in [3.63, 3.8) is 0 Å². The van der Waals surface area contributed by atoms with Crippen molar-refractivity contribution in [3.8, 4) is 5.88 Å². The smallest absolute Gasteiger partial charge is 0.356 e. The lowest BCUT2D eigenvalue weighted by Gasteiger charge is -2.20. The lowest BCUT2D eigenvalue weighted by Crippen LogP contribution is -2.13. The van der Waals surface area contributed by atoms with Gasteiger partial charge in [-0.1, -0.05) is 30.2 Å². The van der Waals surface area contributed by atoms with Gasteiger partial charge in [-0.25, -0.2) is 14.8 Å². The Morgan fingerprint density at radius 1 is 1.19 bits per heavy atom. The number of carboxylic acids is 1. The van der Waals surface area contributed by atoms with Crippen LogP contribution in [0.25, 0.3) is 21.7 Å². The number of halogens is 1. The Labute approximate surface area is 190 Å². The highest BCUT2D eigenvalue weighted by molar-refractivity contribution is 6.29. The number of ether oxygens (including phenoxy) is 1. The van der Waals surface area contributed by atoms with E-state index in [2.05, 4.69) is 34.3 Å². The highest BCUT2D eigenvalue weighted by Crippen LogP contribution is 2.34. The number of benzene rings is 1. The second-order valence-electron chi connectivity index (χ2n) is 7.64. The van der Waals surface area contributed by atoms with E-state index < -0.39 is 5.97 Å². The summed E-state index contributed by atoms with van der Waals surface area (Å²) in [7, 11) is 1.60. The first-order valence-electron chi connectivity index (χ1n) is 10.3. The number of methoxy groups -OCH3 is 1. The highest BCUT2D eigenvalue weighted by atomic mass is 35.5. The van der Waals surface area contributed by atoms with Crippen LogP contribution in [0.1, 0.15) is 47.2 Å². The summed E-state index contributed by atoms with van der Waals surface area (Å²) >= 11 is 5.90. The second-order valence-corrected chi connectivity index (χ2v) is 8.02. The van der Waals surface area contributed by atoms with E-state index >= 15 is 0 Å². The lowest BCUT2D eigenvalue weighted by molar-refractivity contribution is 0.0691. The first-order valence-corrected chi connectivity index (χ1v) is 10.6. The minimum absolute atomic E-state index is 0.121. The number of pyridine rings is 3. The fraction of sp³-hybridized carbons (Fsp3) is 0.250. The van der Waals surface area contributed by atoms with Crippen molar-refractivity contribution >= 4 is 44.9 Å². The van der Waals surface area contributed by atoms with Gasteiger partial charge >= 0.3 is 5.97 Å². The zero-order valence-corrected chi connectivity index (χ0v) is 19.0. The van der Waals surface area contributed by atoms with Gasteiger partial charge in [0.05, 0.1) is 30.0 Å². The summed E-state index contributed by atoms with van der Waals surface area (Å²) in [6.07, 6.45) is 2.56. The molecule has 1 aromatic carbocycles. The minimum Gasteiger partial charge on any atom is -0.481 e. The third-order valence-corrected chi connectivity index (χ3v) is 5.67. The quantitative estimate of drug-likeness (QED) is 0.292. The van der Waals surface area contributed by atoms with Crippen LogP contribution in [0.5, 0.6) is 5.88 Å². The number of fused-ring (bicyclic) bond motifs is 3. The molecule has 4 rings (SSSR count). The standard InChI is InChI=1S/C24H23ClN4O3/c1-5-18-17-11-26-21(32-4)10-15(17)16-9-12(2)8-14(22(16)28-18)13(3)27-19-6-7-20(25)29-23(19)24(30)31/h6-11,13,27H,5H2,1-4H3,(H,30,31)/t13-/m1/s1. The number of nitrogens with one attached hydrogen (secondary N) is 1. The van der Waals surface area contributed by atoms with Gasteiger partial charge in [-0.3, -0.25) is 4.98 Å². The fourth-order valence-electron chi connectivity index (χ4n) is 3.96. The predicted octanol–water partition coefficient (Wildman–Crippen LogP) is 5.58. The molecular weight excluding hydrogens is 428 g/mol. The number of aromatic carboxylic acids is 1. The second kappa shape index (κ2) is 8.59. The topological polar surface area (TPSA) is 97.2 Å². The molecule has 3 heterocycles. The summed E-state index contributed by atoms with van der Waals surface area (Å²) in [5.41, 5.74) is 4.10. The van der Waals surface area contributed by atoms with Crippen LogP contribution in [0.2, 0.25) is 5.15 Å². The van der Waals surface area contributed by atoms with E-state index in [4.69, 9.17) is 21.3 Å². The molecule has 0 saturated carbocycles. The van der Waals surface area contributed by atoms with Crippen LogP contribution in [0.4, 0.5) is 5.69 Å². The Hall–Kier alpha value is -3.45. The molecule has 2 N–H and O–H groups in total. The number of nitrogens with zero attached hydrogens (tertiary/aromatic N) is 3. The molecule has 1 atom stereocenters. The molecule has 0 amide bonds. The van der Waals surface area contributed by atoms with Gasteiger partial charge in [0.1, 0.15) is 5.15 Å². The predicted molar refractivity (Wildman–Crippen MR) is 126 cm³/mol. The highest BCUT2D eigenvalue weighted by Gasteiger charge is 2.19. The van der Waals surface area contributed by atoms with E-state index in [1.54, 1.807) is 19.2 Å². The summed E-state index contributed by atoms with van der Waals surface area (Å²) in [6.45, 7) is 6.06. The third-order valence-electron chi connectivity index (χ3n) is 5.46. The van der Waals surface area contributed by atoms with Gasteiger partial charge in [0.25, 0.3) is 0 Å². The first-order chi connectivity index (χ1) is 15.3. The Kier molecular flexibility index (Phi) is 5.84. The molecule has 0 bridgehead atoms. The minimum atomic E-state index is -1.15. The molecule has 0 saturated heterocycles. The van der Waals surface area contributed by atoms with E-state index in [-0.39, 0.29) is 16.9 Å². The van der Waals surface area contributed by atoms with Crippen molar-refractivity contribution in [2.45, 2.75) is 33.2 Å². The van der Waals surface area contributed by atoms with E-state index in [9.17, 15) is 9.90 Å². The number of carboxylic acid groups (broad SMARTS) is 1. The van der Waals surface area contributed by atoms with Gasteiger partial charge in [0.15, 0.2) is 5.69 Å². The Bertz CT molecular complexity index is 1360. The summed E-state index contributed by atoms with van der Waals surface area (Å²) in [4.78, 5) is 25.0. The normalized spacial score (nSPS) is 12.2. The molecule has 0 spiro atoms. The molecule has 0 aliphatic rings. The molecular formula is C24H23ClN4O3. The number of aryl methyl sites for hydroxylation is 2. The first kappa shape index (κ1) is 21.8. The van der Waals surface area contributed by atoms with Crippen molar-refractivity contribution in [1.29, 1.82) is 0 Å². The average Bonchev–Trinajstić information content (AvgIpc) is 2.78. The zero-order chi connectivity index (χ0) is 23.0. The number of aromatic nitrogens is 3. The maximum absolute atomic E-state index is 11.7. The van der Waals surface area contributed by atoms with Crippen LogP contribution in [-0.4, -0.2) is 33.1 Å². The molecule has 0 unspecified atom stereocenters.